The van der Waals surface area contributed by atoms with Crippen LogP contribution in [0.15, 0.2) is 30.3 Å². The van der Waals surface area contributed by atoms with Crippen LogP contribution in [-0.2, 0) is 6.54 Å². The van der Waals surface area contributed by atoms with Crippen molar-refractivity contribution < 1.29 is 9.90 Å². The molecule has 0 spiro atoms. The summed E-state index contributed by atoms with van der Waals surface area (Å²) in [7, 11) is 0. The number of thiazole rings is 1. The second-order valence-corrected chi connectivity index (χ2v) is 7.31. The molecule has 0 bridgehead atoms. The van der Waals surface area contributed by atoms with Gasteiger partial charge in [-0.05, 0) is 33.3 Å². The first kappa shape index (κ1) is 16.6. The highest BCUT2D eigenvalue weighted by Crippen LogP contribution is 2.21. The van der Waals surface area contributed by atoms with E-state index in [2.05, 4.69) is 4.98 Å². The summed E-state index contributed by atoms with van der Waals surface area (Å²) < 4.78 is 0. The van der Waals surface area contributed by atoms with Crippen LogP contribution in [0.5, 0.6) is 0 Å². The molecule has 0 unspecified atom stereocenters. The zero-order chi connectivity index (χ0) is 16.3. The third kappa shape index (κ3) is 4.39. The van der Waals surface area contributed by atoms with Crippen molar-refractivity contribution in [1.82, 2.24) is 9.88 Å². The van der Waals surface area contributed by atoms with Crippen LogP contribution in [0.4, 0.5) is 0 Å². The van der Waals surface area contributed by atoms with E-state index in [-0.39, 0.29) is 12.5 Å². The van der Waals surface area contributed by atoms with Gasteiger partial charge in [-0.2, -0.15) is 0 Å². The fourth-order valence-electron chi connectivity index (χ4n) is 2.34. The monoisotopic (exact) mass is 318 g/mol. The van der Waals surface area contributed by atoms with Gasteiger partial charge in [0.25, 0.3) is 5.91 Å². The summed E-state index contributed by atoms with van der Waals surface area (Å²) in [5.41, 5.74) is 0.846. The third-order valence-electron chi connectivity index (χ3n) is 3.18. The Morgan fingerprint density at radius 1 is 1.27 bits per heavy atom. The normalized spacial score (nSPS) is 11.5. The molecule has 22 heavy (non-hydrogen) atoms. The number of aliphatic hydroxyl groups is 1. The molecule has 1 aromatic carbocycles. The van der Waals surface area contributed by atoms with Gasteiger partial charge in [0, 0.05) is 13.1 Å². The molecule has 0 aliphatic carbocycles. The summed E-state index contributed by atoms with van der Waals surface area (Å²) in [6, 6.07) is 9.81. The molecule has 1 N–H and O–H groups in total. The summed E-state index contributed by atoms with van der Waals surface area (Å²) in [5, 5.41) is 11.0. The minimum Gasteiger partial charge on any atom is -0.389 e. The third-order valence-corrected chi connectivity index (χ3v) is 4.24. The summed E-state index contributed by atoms with van der Waals surface area (Å²) >= 11 is 1.40. The van der Waals surface area contributed by atoms with E-state index >= 15 is 0 Å². The molecule has 1 aromatic heterocycles. The lowest BCUT2D eigenvalue weighted by Gasteiger charge is -2.29. The summed E-state index contributed by atoms with van der Waals surface area (Å²) in [5.74, 6) is -0.0749. The first-order chi connectivity index (χ1) is 10.3. The van der Waals surface area contributed by atoms with Crippen molar-refractivity contribution in [2.45, 2.75) is 39.8 Å². The molecular weight excluding hydrogens is 296 g/mol. The van der Waals surface area contributed by atoms with Crippen LogP contribution < -0.4 is 0 Å². The first-order valence-electron chi connectivity index (χ1n) is 7.26. The van der Waals surface area contributed by atoms with E-state index in [4.69, 9.17) is 0 Å². The minimum atomic E-state index is -0.946. The lowest BCUT2D eigenvalue weighted by molar-refractivity contribution is 0.0282. The van der Waals surface area contributed by atoms with Crippen LogP contribution in [0.1, 0.15) is 39.8 Å². The number of hydrogen-bond donors (Lipinski definition) is 1. The second kappa shape index (κ2) is 6.58. The Bertz CT molecular complexity index is 644. The number of hydrogen-bond acceptors (Lipinski definition) is 4. The summed E-state index contributed by atoms with van der Waals surface area (Å²) in [6.45, 7) is 7.91. The van der Waals surface area contributed by atoms with Gasteiger partial charge in [0.1, 0.15) is 4.88 Å². The molecule has 0 aliphatic rings. The highest BCUT2D eigenvalue weighted by atomic mass is 32.1. The fraction of sp³-hybridized carbons (Fsp3) is 0.412. The largest absolute Gasteiger partial charge is 0.389 e. The number of aromatic nitrogens is 1. The molecule has 1 heterocycles. The maximum atomic E-state index is 12.8. The molecule has 0 saturated heterocycles. The van der Waals surface area contributed by atoms with Crippen molar-refractivity contribution >= 4 is 17.2 Å². The zero-order valence-corrected chi connectivity index (χ0v) is 14.3. The Morgan fingerprint density at radius 2 is 1.91 bits per heavy atom. The van der Waals surface area contributed by atoms with Crippen LogP contribution in [0, 0.1) is 13.8 Å². The van der Waals surface area contributed by atoms with E-state index in [0.29, 0.717) is 11.4 Å². The molecule has 2 aromatic rings. The summed E-state index contributed by atoms with van der Waals surface area (Å²) in [4.78, 5) is 19.5. The molecule has 1 amide bonds. The Morgan fingerprint density at radius 3 is 2.41 bits per heavy atom. The van der Waals surface area contributed by atoms with Gasteiger partial charge >= 0.3 is 0 Å². The van der Waals surface area contributed by atoms with Crippen molar-refractivity contribution in [3.63, 3.8) is 0 Å². The lowest BCUT2D eigenvalue weighted by Crippen LogP contribution is -2.41. The van der Waals surface area contributed by atoms with Crippen LogP contribution in [0.2, 0.25) is 0 Å². The number of aryl methyl sites for hydroxylation is 2. The van der Waals surface area contributed by atoms with Crippen LogP contribution in [-0.4, -0.2) is 33.0 Å². The Balaban J connectivity index is 2.27. The van der Waals surface area contributed by atoms with Gasteiger partial charge in [0.15, 0.2) is 0 Å². The highest BCUT2D eigenvalue weighted by molar-refractivity contribution is 7.13. The molecule has 0 fully saturated rings. The predicted octanol–water partition coefficient (Wildman–Crippen LogP) is 3.17. The average molecular weight is 318 g/mol. The van der Waals surface area contributed by atoms with Crippen LogP contribution in [0.25, 0.3) is 0 Å². The van der Waals surface area contributed by atoms with Crippen molar-refractivity contribution in [2.24, 2.45) is 0 Å². The number of amides is 1. The molecule has 0 saturated carbocycles. The van der Waals surface area contributed by atoms with Gasteiger partial charge in [-0.25, -0.2) is 4.98 Å². The fourth-order valence-corrected chi connectivity index (χ4v) is 3.23. The minimum absolute atomic E-state index is 0.0749. The Labute approximate surface area is 135 Å². The molecule has 0 radical (unpaired) electrons. The first-order valence-corrected chi connectivity index (χ1v) is 8.07. The maximum absolute atomic E-state index is 12.8. The van der Waals surface area contributed by atoms with Gasteiger partial charge in [0.05, 0.1) is 16.3 Å². The van der Waals surface area contributed by atoms with Crippen molar-refractivity contribution in [3.8, 4) is 0 Å². The smallest absolute Gasteiger partial charge is 0.266 e. The maximum Gasteiger partial charge on any atom is 0.266 e. The number of carbonyl (C=O) groups is 1. The van der Waals surface area contributed by atoms with Gasteiger partial charge < -0.3 is 10.0 Å². The average Bonchev–Trinajstić information content (AvgIpc) is 2.76. The number of benzene rings is 1. The van der Waals surface area contributed by atoms with Gasteiger partial charge in [-0.3, -0.25) is 4.79 Å². The van der Waals surface area contributed by atoms with Gasteiger partial charge in [0.2, 0.25) is 0 Å². The van der Waals surface area contributed by atoms with E-state index in [1.165, 1.54) is 11.3 Å². The molecule has 2 rings (SSSR count). The molecule has 0 aliphatic heterocycles. The van der Waals surface area contributed by atoms with E-state index < -0.39 is 5.60 Å². The highest BCUT2D eigenvalue weighted by Gasteiger charge is 2.26. The molecule has 118 valence electrons. The lowest BCUT2D eigenvalue weighted by atomic mass is 10.1. The SMILES string of the molecule is Cc1nc(C)c(C(=O)N(Cc2ccccc2)CC(C)(C)O)s1. The predicted molar refractivity (Wildman–Crippen MR) is 89.1 cm³/mol. The van der Waals surface area contributed by atoms with Crippen LogP contribution >= 0.6 is 11.3 Å². The van der Waals surface area contributed by atoms with Crippen molar-refractivity contribution in [1.29, 1.82) is 0 Å². The molecular formula is C17H22N2O2S. The Kier molecular flexibility index (Phi) is 4.98. The molecule has 5 heteroatoms. The molecule has 0 atom stereocenters. The quantitative estimate of drug-likeness (QED) is 0.921. The van der Waals surface area contributed by atoms with Gasteiger partial charge in [-0.1, -0.05) is 30.3 Å². The molecule has 4 nitrogen and oxygen atoms in total. The zero-order valence-electron chi connectivity index (χ0n) is 13.5. The van der Waals surface area contributed by atoms with E-state index in [1.807, 2.05) is 44.2 Å². The topological polar surface area (TPSA) is 53.4 Å². The number of carbonyl (C=O) groups excluding carboxylic acids is 1. The van der Waals surface area contributed by atoms with Gasteiger partial charge in [-0.15, -0.1) is 11.3 Å². The van der Waals surface area contributed by atoms with E-state index in [1.54, 1.807) is 18.7 Å². The van der Waals surface area contributed by atoms with E-state index in [0.717, 1.165) is 16.3 Å². The second-order valence-electron chi connectivity index (χ2n) is 6.11. The number of nitrogens with zero attached hydrogens (tertiary/aromatic N) is 2. The van der Waals surface area contributed by atoms with Crippen molar-refractivity contribution in [3.05, 3.63) is 51.5 Å². The van der Waals surface area contributed by atoms with Crippen LogP contribution in [0.3, 0.4) is 0 Å². The van der Waals surface area contributed by atoms with E-state index in [9.17, 15) is 9.90 Å². The Hall–Kier alpha value is -1.72. The van der Waals surface area contributed by atoms with Crippen molar-refractivity contribution in [2.75, 3.05) is 6.54 Å². The standard InChI is InChI=1S/C17H22N2O2S/c1-12-15(22-13(2)18-12)16(20)19(11-17(3,4)21)10-14-8-6-5-7-9-14/h5-9,21H,10-11H2,1-4H3. The summed E-state index contributed by atoms with van der Waals surface area (Å²) in [6.07, 6.45) is 0. The number of rotatable bonds is 5.